The fourth-order valence-electron chi connectivity index (χ4n) is 1.50. The van der Waals surface area contributed by atoms with Gasteiger partial charge in [0.05, 0.1) is 11.6 Å². The molecule has 1 aromatic carbocycles. The minimum absolute atomic E-state index is 0.192. The molecule has 0 bridgehead atoms. The average Bonchev–Trinajstić information content (AvgIpc) is 2.39. The van der Waals surface area contributed by atoms with Gasteiger partial charge < -0.3 is 4.74 Å². The van der Waals surface area contributed by atoms with Crippen LogP contribution in [0.1, 0.15) is 15.9 Å². The monoisotopic (exact) mass is 266 g/mol. The van der Waals surface area contributed by atoms with Gasteiger partial charge in [0.1, 0.15) is 0 Å². The van der Waals surface area contributed by atoms with Crippen LogP contribution in [0.25, 0.3) is 4.48 Å². The van der Waals surface area contributed by atoms with Gasteiger partial charge in [0.2, 0.25) is 5.78 Å². The summed E-state index contributed by atoms with van der Waals surface area (Å²) in [5.74, 6) is -0.0109. The Morgan fingerprint density at radius 2 is 1.93 bits per heavy atom. The lowest BCUT2D eigenvalue weighted by Gasteiger charge is -1.97. The second-order valence-electron chi connectivity index (χ2n) is 3.08. The van der Waals surface area contributed by atoms with E-state index < -0.39 is 0 Å². The van der Waals surface area contributed by atoms with Gasteiger partial charge in [-0.25, -0.2) is 0 Å². The standard InChI is InChI=1S/C11H7BrO3/c1-15-11-9(12)7-4-2-3-6(13)5-8(7)10(11)14/h2-5H,1H3. The maximum absolute atomic E-state index is 11.8. The third-order valence-electron chi connectivity index (χ3n) is 2.19. The molecule has 0 fully saturated rings. The van der Waals surface area contributed by atoms with E-state index in [1.807, 2.05) is 0 Å². The van der Waals surface area contributed by atoms with Gasteiger partial charge in [0.15, 0.2) is 11.2 Å². The number of rotatable bonds is 1. The molecule has 0 spiro atoms. The first-order valence-corrected chi connectivity index (χ1v) is 5.07. The van der Waals surface area contributed by atoms with Gasteiger partial charge in [-0.2, -0.15) is 0 Å². The Balaban J connectivity index is 2.77. The number of ether oxygens (including phenoxy) is 1. The number of hydrogen-bond donors (Lipinski definition) is 0. The van der Waals surface area contributed by atoms with Gasteiger partial charge in [-0.05, 0) is 28.1 Å². The minimum atomic E-state index is -0.257. The molecule has 0 heterocycles. The van der Waals surface area contributed by atoms with Crippen molar-refractivity contribution in [3.63, 3.8) is 0 Å². The van der Waals surface area contributed by atoms with Gasteiger partial charge in [-0.15, -0.1) is 0 Å². The molecule has 1 aromatic rings. The molecule has 15 heavy (non-hydrogen) atoms. The van der Waals surface area contributed by atoms with Crippen LogP contribution in [0.15, 0.2) is 34.8 Å². The van der Waals surface area contributed by atoms with Crippen LogP contribution in [-0.2, 0) is 4.74 Å². The van der Waals surface area contributed by atoms with Gasteiger partial charge in [-0.3, -0.25) is 9.59 Å². The third-order valence-corrected chi connectivity index (χ3v) is 2.98. The second kappa shape index (κ2) is 3.62. The summed E-state index contributed by atoms with van der Waals surface area (Å²) in [6.45, 7) is 0. The Hall–Kier alpha value is -1.42. The van der Waals surface area contributed by atoms with E-state index in [0.29, 0.717) is 15.6 Å². The van der Waals surface area contributed by atoms with Crippen molar-refractivity contribution in [3.05, 3.63) is 51.4 Å². The maximum Gasteiger partial charge on any atom is 0.229 e. The summed E-state index contributed by atoms with van der Waals surface area (Å²) in [6.07, 6.45) is 0. The van der Waals surface area contributed by atoms with E-state index in [0.717, 1.165) is 0 Å². The molecule has 0 saturated carbocycles. The maximum atomic E-state index is 11.8. The minimum Gasteiger partial charge on any atom is -0.492 e. The molecule has 1 aliphatic rings. The Kier molecular flexibility index (Phi) is 2.44. The van der Waals surface area contributed by atoms with Crippen molar-refractivity contribution in [3.8, 4) is 0 Å². The first kappa shape index (κ1) is 10.1. The summed E-state index contributed by atoms with van der Waals surface area (Å²) in [4.78, 5) is 23.0. The SMILES string of the molecule is COC1=C(Br)c2cccc(=O)cc2C1=O. The summed E-state index contributed by atoms with van der Waals surface area (Å²) in [5, 5.41) is 0. The highest BCUT2D eigenvalue weighted by Crippen LogP contribution is 2.35. The number of ketones is 1. The highest BCUT2D eigenvalue weighted by atomic mass is 79.9. The first-order chi connectivity index (χ1) is 7.15. The van der Waals surface area contributed by atoms with Crippen molar-refractivity contribution < 1.29 is 9.53 Å². The first-order valence-electron chi connectivity index (χ1n) is 4.28. The van der Waals surface area contributed by atoms with Crippen molar-refractivity contribution in [2.45, 2.75) is 0 Å². The second-order valence-corrected chi connectivity index (χ2v) is 3.87. The molecule has 0 saturated heterocycles. The van der Waals surface area contributed by atoms with Crippen LogP contribution in [0, 0.1) is 0 Å². The Labute approximate surface area is 94.5 Å². The number of carbonyl (C=O) groups excluding carboxylic acids is 1. The molecule has 0 amide bonds. The number of carbonyl (C=O) groups is 1. The van der Waals surface area contributed by atoms with E-state index in [4.69, 9.17) is 4.74 Å². The van der Waals surface area contributed by atoms with Gasteiger partial charge in [-0.1, -0.05) is 12.1 Å². The summed E-state index contributed by atoms with van der Waals surface area (Å²) in [7, 11) is 1.43. The van der Waals surface area contributed by atoms with Crippen LogP contribution < -0.4 is 5.43 Å². The highest BCUT2D eigenvalue weighted by Gasteiger charge is 2.28. The van der Waals surface area contributed by atoms with E-state index >= 15 is 0 Å². The van der Waals surface area contributed by atoms with Crippen molar-refractivity contribution in [1.29, 1.82) is 0 Å². The lowest BCUT2D eigenvalue weighted by Crippen LogP contribution is -2.02. The molecule has 0 atom stereocenters. The summed E-state index contributed by atoms with van der Waals surface area (Å²) in [5.41, 5.74) is 0.884. The third kappa shape index (κ3) is 1.51. The van der Waals surface area contributed by atoms with E-state index in [1.165, 1.54) is 19.2 Å². The van der Waals surface area contributed by atoms with Crippen LogP contribution in [-0.4, -0.2) is 12.9 Å². The Morgan fingerprint density at radius 3 is 2.60 bits per heavy atom. The number of methoxy groups -OCH3 is 1. The molecule has 0 unspecified atom stereocenters. The quantitative estimate of drug-likeness (QED) is 0.781. The number of allylic oxidation sites excluding steroid dienone is 1. The number of hydrogen-bond acceptors (Lipinski definition) is 3. The molecule has 0 radical (unpaired) electrons. The van der Waals surface area contributed by atoms with Crippen molar-refractivity contribution in [2.24, 2.45) is 0 Å². The molecule has 0 N–H and O–H groups in total. The Bertz CT molecular complexity index is 532. The molecule has 2 rings (SSSR count). The van der Waals surface area contributed by atoms with Crippen LogP contribution in [0.5, 0.6) is 0 Å². The van der Waals surface area contributed by atoms with Crippen LogP contribution in [0.4, 0.5) is 0 Å². The largest absolute Gasteiger partial charge is 0.492 e. The smallest absolute Gasteiger partial charge is 0.229 e. The molecular weight excluding hydrogens is 260 g/mol. The summed E-state index contributed by atoms with van der Waals surface area (Å²) in [6, 6.07) is 6.07. The molecule has 76 valence electrons. The predicted octanol–water partition coefficient (Wildman–Crippen LogP) is 1.95. The zero-order chi connectivity index (χ0) is 11.0. The van der Waals surface area contributed by atoms with E-state index in [9.17, 15) is 9.59 Å². The fourth-order valence-corrected chi connectivity index (χ4v) is 2.19. The normalized spacial score (nSPS) is 14.1. The van der Waals surface area contributed by atoms with Crippen LogP contribution in [0.2, 0.25) is 0 Å². The zero-order valence-corrected chi connectivity index (χ0v) is 9.50. The van der Waals surface area contributed by atoms with Gasteiger partial charge >= 0.3 is 0 Å². The van der Waals surface area contributed by atoms with E-state index in [1.54, 1.807) is 12.1 Å². The molecule has 3 nitrogen and oxygen atoms in total. The van der Waals surface area contributed by atoms with Gasteiger partial charge in [0, 0.05) is 11.1 Å². The van der Waals surface area contributed by atoms with E-state index in [-0.39, 0.29) is 17.0 Å². The number of fused-ring (bicyclic) bond motifs is 1. The molecule has 1 aliphatic carbocycles. The van der Waals surface area contributed by atoms with Crippen molar-refractivity contribution >= 4 is 26.2 Å². The van der Waals surface area contributed by atoms with Gasteiger partial charge in [0.25, 0.3) is 0 Å². The van der Waals surface area contributed by atoms with Crippen molar-refractivity contribution in [2.75, 3.05) is 7.11 Å². The van der Waals surface area contributed by atoms with E-state index in [2.05, 4.69) is 15.9 Å². The molecule has 0 aromatic heterocycles. The lowest BCUT2D eigenvalue weighted by atomic mass is 10.2. The average molecular weight is 267 g/mol. The highest BCUT2D eigenvalue weighted by molar-refractivity contribution is 9.15. The lowest BCUT2D eigenvalue weighted by molar-refractivity contribution is 0.0962. The fraction of sp³-hybridized carbons (Fsp3) is 0.0909. The topological polar surface area (TPSA) is 43.4 Å². The predicted molar refractivity (Wildman–Crippen MR) is 59.9 cm³/mol. The van der Waals surface area contributed by atoms with Crippen LogP contribution in [0.3, 0.4) is 0 Å². The molecular formula is C11H7BrO3. The van der Waals surface area contributed by atoms with Crippen molar-refractivity contribution in [1.82, 2.24) is 0 Å². The zero-order valence-electron chi connectivity index (χ0n) is 7.91. The Morgan fingerprint density at radius 1 is 1.20 bits per heavy atom. The number of Topliss-reactive ketones (excluding diaryl/α,β-unsaturated/α-hetero) is 1. The molecule has 4 heteroatoms. The molecule has 0 aliphatic heterocycles. The summed E-state index contributed by atoms with van der Waals surface area (Å²) < 4.78 is 5.57. The number of halogens is 1. The van der Waals surface area contributed by atoms with Crippen LogP contribution >= 0.6 is 15.9 Å². The summed E-state index contributed by atoms with van der Waals surface area (Å²) >= 11 is 3.28.